The highest BCUT2D eigenvalue weighted by Crippen LogP contribution is 2.29. The van der Waals surface area contributed by atoms with E-state index in [4.69, 9.17) is 4.74 Å². The number of carbonyl (C=O) groups excluding carboxylic acids is 2. The fourth-order valence-corrected chi connectivity index (χ4v) is 4.30. The molecule has 0 aliphatic carbocycles. The monoisotopic (exact) mass is 489 g/mol. The van der Waals surface area contributed by atoms with Gasteiger partial charge >= 0.3 is 12.1 Å². The second-order valence-electron chi connectivity index (χ2n) is 8.89. The minimum absolute atomic E-state index is 0.00148. The van der Waals surface area contributed by atoms with Crippen LogP contribution in [0.15, 0.2) is 18.2 Å². The molecule has 3 aromatic rings. The van der Waals surface area contributed by atoms with Gasteiger partial charge in [0.2, 0.25) is 5.78 Å². The van der Waals surface area contributed by atoms with Crippen molar-refractivity contribution in [1.82, 2.24) is 19.8 Å². The zero-order chi connectivity index (χ0) is 25.5. The third kappa shape index (κ3) is 4.85. The number of piperidine rings is 1. The van der Waals surface area contributed by atoms with Gasteiger partial charge in [-0.3, -0.25) is 9.59 Å². The molecule has 0 N–H and O–H groups in total. The molecule has 2 aromatic heterocycles. The molecule has 1 aromatic carbocycles. The summed E-state index contributed by atoms with van der Waals surface area (Å²) in [6.45, 7) is 8.29. The van der Waals surface area contributed by atoms with Crippen molar-refractivity contribution < 1.29 is 27.5 Å². The molecule has 0 spiro atoms. The molecule has 3 heterocycles. The number of anilines is 1. The Hall–Kier alpha value is -3.50. The summed E-state index contributed by atoms with van der Waals surface area (Å²) in [4.78, 5) is 27.1. The topological polar surface area (TPSA) is 89.7 Å². The van der Waals surface area contributed by atoms with E-state index in [0.717, 1.165) is 22.3 Å². The van der Waals surface area contributed by atoms with Crippen molar-refractivity contribution in [2.24, 2.45) is 5.92 Å². The Bertz CT molecular complexity index is 1290. The maximum Gasteiger partial charge on any atom is 0.453 e. The number of benzene rings is 1. The van der Waals surface area contributed by atoms with Gasteiger partial charge in [-0.15, -0.1) is 15.3 Å². The van der Waals surface area contributed by atoms with E-state index in [1.54, 1.807) is 11.0 Å². The Morgan fingerprint density at radius 3 is 2.37 bits per heavy atom. The standard InChI is InChI=1S/C24H26F3N5O3/c1-13-11-18(16(4)15(3)14(13)2)19(33)12-35-22(34)17-7-9-31(10-8-17)21-6-5-20-28-29-23(24(25,26)27)32(20)30-21/h5-6,11,17H,7-10,12H2,1-4H3. The van der Waals surface area contributed by atoms with Crippen LogP contribution in [-0.2, 0) is 15.7 Å². The number of nitrogens with zero attached hydrogens (tertiary/aromatic N) is 5. The van der Waals surface area contributed by atoms with Crippen LogP contribution in [0.5, 0.6) is 0 Å². The van der Waals surface area contributed by atoms with E-state index in [1.807, 2.05) is 33.8 Å². The number of rotatable bonds is 5. The minimum atomic E-state index is -4.67. The molecule has 35 heavy (non-hydrogen) atoms. The van der Waals surface area contributed by atoms with Crippen molar-refractivity contribution in [3.05, 3.63) is 51.8 Å². The summed E-state index contributed by atoms with van der Waals surface area (Å²) >= 11 is 0. The molecule has 0 radical (unpaired) electrons. The molecule has 0 saturated carbocycles. The molecule has 4 rings (SSSR count). The first-order chi connectivity index (χ1) is 16.5. The van der Waals surface area contributed by atoms with Crippen LogP contribution in [0.3, 0.4) is 0 Å². The molecule has 1 aliphatic heterocycles. The van der Waals surface area contributed by atoms with Gasteiger partial charge < -0.3 is 9.64 Å². The van der Waals surface area contributed by atoms with Gasteiger partial charge in [-0.2, -0.15) is 17.7 Å². The number of fused-ring (bicyclic) bond motifs is 1. The molecular weight excluding hydrogens is 463 g/mol. The Morgan fingerprint density at radius 1 is 1.03 bits per heavy atom. The zero-order valence-electron chi connectivity index (χ0n) is 19.9. The van der Waals surface area contributed by atoms with Crippen LogP contribution in [0.1, 0.15) is 51.3 Å². The molecule has 1 fully saturated rings. The number of alkyl halides is 3. The molecule has 1 saturated heterocycles. The maximum absolute atomic E-state index is 13.1. The van der Waals surface area contributed by atoms with Crippen LogP contribution in [0.4, 0.5) is 19.0 Å². The number of ether oxygens (including phenoxy) is 1. The van der Waals surface area contributed by atoms with Gasteiger partial charge in [0.15, 0.2) is 12.3 Å². The van der Waals surface area contributed by atoms with Gasteiger partial charge in [-0.05, 0) is 81.0 Å². The van der Waals surface area contributed by atoms with Gasteiger partial charge in [0, 0.05) is 18.7 Å². The second kappa shape index (κ2) is 9.27. The highest BCUT2D eigenvalue weighted by atomic mass is 19.4. The molecule has 0 bridgehead atoms. The Balaban J connectivity index is 1.36. The highest BCUT2D eigenvalue weighted by Gasteiger charge is 2.38. The van der Waals surface area contributed by atoms with E-state index in [9.17, 15) is 22.8 Å². The molecule has 0 unspecified atom stereocenters. The number of Topliss-reactive ketones (excluding diaryl/α,β-unsaturated/α-hetero) is 1. The average Bonchev–Trinajstić information content (AvgIpc) is 3.27. The number of aryl methyl sites for hydroxylation is 1. The lowest BCUT2D eigenvalue weighted by atomic mass is 9.93. The normalized spacial score (nSPS) is 15.0. The first-order valence-corrected chi connectivity index (χ1v) is 11.3. The number of esters is 1. The lowest BCUT2D eigenvalue weighted by molar-refractivity contribution is -0.148. The fourth-order valence-electron chi connectivity index (χ4n) is 4.30. The Morgan fingerprint density at radius 2 is 1.71 bits per heavy atom. The first-order valence-electron chi connectivity index (χ1n) is 11.3. The third-order valence-electron chi connectivity index (χ3n) is 6.78. The summed E-state index contributed by atoms with van der Waals surface area (Å²) in [5.74, 6) is -1.94. The van der Waals surface area contributed by atoms with Gasteiger partial charge in [-0.25, -0.2) is 0 Å². The number of ketones is 1. The summed E-state index contributed by atoms with van der Waals surface area (Å²) in [5, 5.41) is 10.7. The molecule has 186 valence electrons. The van der Waals surface area contributed by atoms with Crippen LogP contribution in [0, 0.1) is 33.6 Å². The second-order valence-corrected chi connectivity index (χ2v) is 8.89. The summed E-state index contributed by atoms with van der Waals surface area (Å²) in [5.41, 5.74) is 4.63. The first kappa shape index (κ1) is 24.6. The van der Waals surface area contributed by atoms with E-state index < -0.39 is 23.9 Å². The van der Waals surface area contributed by atoms with E-state index in [-0.39, 0.29) is 18.0 Å². The lowest BCUT2D eigenvalue weighted by Crippen LogP contribution is -2.38. The van der Waals surface area contributed by atoms with Crippen LogP contribution in [0.2, 0.25) is 0 Å². The van der Waals surface area contributed by atoms with Crippen molar-refractivity contribution in [1.29, 1.82) is 0 Å². The molecule has 0 atom stereocenters. The van der Waals surface area contributed by atoms with Gasteiger partial charge in [0.25, 0.3) is 5.82 Å². The number of hydrogen-bond acceptors (Lipinski definition) is 7. The highest BCUT2D eigenvalue weighted by molar-refractivity contribution is 5.99. The van der Waals surface area contributed by atoms with Crippen molar-refractivity contribution in [3.63, 3.8) is 0 Å². The quantitative estimate of drug-likeness (QED) is 0.395. The van der Waals surface area contributed by atoms with Crippen molar-refractivity contribution in [3.8, 4) is 0 Å². The Labute approximate surface area is 200 Å². The van der Waals surface area contributed by atoms with E-state index in [0.29, 0.717) is 41.8 Å². The van der Waals surface area contributed by atoms with Crippen LogP contribution < -0.4 is 4.90 Å². The minimum Gasteiger partial charge on any atom is -0.457 e. The number of carbonyl (C=O) groups is 2. The summed E-state index contributed by atoms with van der Waals surface area (Å²) < 4.78 is 45.4. The van der Waals surface area contributed by atoms with E-state index in [1.165, 1.54) is 6.07 Å². The third-order valence-corrected chi connectivity index (χ3v) is 6.78. The maximum atomic E-state index is 13.1. The summed E-state index contributed by atoms with van der Waals surface area (Å²) in [6, 6.07) is 4.83. The molecule has 8 nitrogen and oxygen atoms in total. The molecule has 0 amide bonds. The van der Waals surface area contributed by atoms with Crippen LogP contribution in [0.25, 0.3) is 5.65 Å². The smallest absolute Gasteiger partial charge is 0.453 e. The predicted molar refractivity (Wildman–Crippen MR) is 121 cm³/mol. The number of aromatic nitrogens is 4. The fraction of sp³-hybridized carbons (Fsp3) is 0.458. The van der Waals surface area contributed by atoms with Crippen molar-refractivity contribution >= 4 is 23.2 Å². The van der Waals surface area contributed by atoms with Gasteiger partial charge in [0.1, 0.15) is 5.82 Å². The van der Waals surface area contributed by atoms with Crippen molar-refractivity contribution in [2.45, 2.75) is 46.7 Å². The molecule has 11 heteroatoms. The molecular formula is C24H26F3N5O3. The number of hydrogen-bond donors (Lipinski definition) is 0. The Kier molecular flexibility index (Phi) is 6.52. The largest absolute Gasteiger partial charge is 0.457 e. The van der Waals surface area contributed by atoms with Crippen LogP contribution >= 0.6 is 0 Å². The van der Waals surface area contributed by atoms with Crippen molar-refractivity contribution in [2.75, 3.05) is 24.6 Å². The van der Waals surface area contributed by atoms with Gasteiger partial charge in [0.05, 0.1) is 5.92 Å². The zero-order valence-corrected chi connectivity index (χ0v) is 19.9. The van der Waals surface area contributed by atoms with Gasteiger partial charge in [-0.1, -0.05) is 0 Å². The number of halogens is 3. The molecule has 1 aliphatic rings. The van der Waals surface area contributed by atoms with E-state index in [2.05, 4.69) is 15.3 Å². The predicted octanol–water partition coefficient (Wildman–Crippen LogP) is 4.02. The average molecular weight is 489 g/mol. The lowest BCUT2D eigenvalue weighted by Gasteiger charge is -2.31. The summed E-state index contributed by atoms with van der Waals surface area (Å²) in [6.07, 6.45) is -3.81. The summed E-state index contributed by atoms with van der Waals surface area (Å²) in [7, 11) is 0. The van der Waals surface area contributed by atoms with Crippen LogP contribution in [-0.4, -0.2) is 51.3 Å². The van der Waals surface area contributed by atoms with E-state index >= 15 is 0 Å². The SMILES string of the molecule is Cc1cc(C(=O)COC(=O)C2CCN(c3ccc4nnc(C(F)(F)F)n4n3)CC2)c(C)c(C)c1C.